The normalized spacial score (nSPS) is 18.4. The Morgan fingerprint density at radius 1 is 1.15 bits per heavy atom. The number of likely N-dealkylation sites (N-methyl/N-ethyl adjacent to an activating group) is 1. The molecule has 0 saturated carbocycles. The molecule has 1 N–H and O–H groups in total. The van der Waals surface area contributed by atoms with Gasteiger partial charge in [0, 0.05) is 22.1 Å². The molecule has 2 aromatic rings. The molecule has 0 fully saturated rings. The third-order valence-corrected chi connectivity index (χ3v) is 5.23. The fraction of sp³-hybridized carbons (Fsp3) is 0.300. The molecule has 1 heterocycles. The monoisotopic (exact) mass is 433 g/mol. The number of aliphatic hydroxyl groups is 1. The second-order valence-corrected chi connectivity index (χ2v) is 7.16. The summed E-state index contributed by atoms with van der Waals surface area (Å²) < 4.78 is 11.1. The lowest BCUT2D eigenvalue weighted by Crippen LogP contribution is -2.41. The van der Waals surface area contributed by atoms with Crippen LogP contribution in [0.1, 0.15) is 29.3 Å². The van der Waals surface area contributed by atoms with Crippen molar-refractivity contribution in [2.24, 2.45) is 0 Å². The largest absolute Gasteiger partial charge is 0.493 e. The maximum atomic E-state index is 12.9. The number of carbonyl (C=O) groups is 2. The standard InChI is InChI=1S/C20H20BrNO5/c1-4-22-15-7-6-13(21)10-14(15)20(25,19(22)24)11-16(23)12-5-8-17(26-2)18(9-12)27-3/h5-10,25H,4,11H2,1-3H3. The van der Waals surface area contributed by atoms with Gasteiger partial charge in [0.2, 0.25) is 0 Å². The first-order chi connectivity index (χ1) is 12.8. The van der Waals surface area contributed by atoms with Crippen LogP contribution in [0.25, 0.3) is 0 Å². The fourth-order valence-electron chi connectivity index (χ4n) is 3.35. The van der Waals surface area contributed by atoms with Crippen LogP contribution in [-0.2, 0) is 10.4 Å². The highest BCUT2D eigenvalue weighted by Crippen LogP contribution is 2.44. The van der Waals surface area contributed by atoms with E-state index in [9.17, 15) is 14.7 Å². The van der Waals surface area contributed by atoms with E-state index in [0.29, 0.717) is 34.9 Å². The molecule has 6 nitrogen and oxygen atoms in total. The highest BCUT2D eigenvalue weighted by atomic mass is 79.9. The van der Waals surface area contributed by atoms with Gasteiger partial charge in [0.15, 0.2) is 22.9 Å². The van der Waals surface area contributed by atoms with Crippen molar-refractivity contribution in [1.29, 1.82) is 0 Å². The third-order valence-electron chi connectivity index (χ3n) is 4.73. The van der Waals surface area contributed by atoms with E-state index in [1.165, 1.54) is 19.1 Å². The van der Waals surface area contributed by atoms with E-state index in [1.54, 1.807) is 36.4 Å². The lowest BCUT2D eigenvalue weighted by Gasteiger charge is -2.22. The number of ketones is 1. The van der Waals surface area contributed by atoms with E-state index in [-0.39, 0.29) is 12.2 Å². The minimum atomic E-state index is -1.90. The molecule has 0 aromatic heterocycles. The van der Waals surface area contributed by atoms with Crippen molar-refractivity contribution in [2.45, 2.75) is 18.9 Å². The van der Waals surface area contributed by atoms with Crippen LogP contribution in [0.2, 0.25) is 0 Å². The Bertz CT molecular complexity index is 913. The highest BCUT2D eigenvalue weighted by Gasteiger charge is 2.50. The van der Waals surface area contributed by atoms with Gasteiger partial charge in [-0.25, -0.2) is 0 Å². The Balaban J connectivity index is 1.98. The van der Waals surface area contributed by atoms with Crippen molar-refractivity contribution in [3.05, 3.63) is 52.0 Å². The Kier molecular flexibility index (Phi) is 5.26. The van der Waals surface area contributed by atoms with Crippen LogP contribution in [0.4, 0.5) is 5.69 Å². The minimum Gasteiger partial charge on any atom is -0.493 e. The van der Waals surface area contributed by atoms with Crippen molar-refractivity contribution in [2.75, 3.05) is 25.7 Å². The van der Waals surface area contributed by atoms with E-state index in [2.05, 4.69) is 15.9 Å². The zero-order valence-corrected chi connectivity index (χ0v) is 16.9. The predicted octanol–water partition coefficient (Wildman–Crippen LogP) is 3.29. The van der Waals surface area contributed by atoms with Gasteiger partial charge >= 0.3 is 0 Å². The minimum absolute atomic E-state index is 0.334. The number of benzene rings is 2. The maximum Gasteiger partial charge on any atom is 0.264 e. The van der Waals surface area contributed by atoms with E-state index >= 15 is 0 Å². The molecule has 1 amide bonds. The summed E-state index contributed by atoms with van der Waals surface area (Å²) in [5.41, 5.74) is -0.523. The number of ether oxygens (including phenoxy) is 2. The summed E-state index contributed by atoms with van der Waals surface area (Å²) in [6, 6.07) is 10.0. The Morgan fingerprint density at radius 3 is 2.48 bits per heavy atom. The number of hydrogen-bond donors (Lipinski definition) is 1. The molecule has 0 radical (unpaired) electrons. The number of methoxy groups -OCH3 is 2. The van der Waals surface area contributed by atoms with Crippen molar-refractivity contribution in [3.63, 3.8) is 0 Å². The smallest absolute Gasteiger partial charge is 0.264 e. The number of Topliss-reactive ketones (excluding diaryl/α,β-unsaturated/α-hetero) is 1. The second-order valence-electron chi connectivity index (χ2n) is 6.24. The van der Waals surface area contributed by atoms with Crippen molar-refractivity contribution in [1.82, 2.24) is 0 Å². The van der Waals surface area contributed by atoms with Gasteiger partial charge in [0.1, 0.15) is 0 Å². The van der Waals surface area contributed by atoms with Crippen LogP contribution >= 0.6 is 15.9 Å². The van der Waals surface area contributed by atoms with Crippen LogP contribution in [-0.4, -0.2) is 37.6 Å². The molecular formula is C20H20BrNO5. The molecule has 0 saturated heterocycles. The molecule has 0 aliphatic carbocycles. The summed E-state index contributed by atoms with van der Waals surface area (Å²) in [4.78, 5) is 27.2. The van der Waals surface area contributed by atoms with Crippen LogP contribution < -0.4 is 14.4 Å². The molecule has 2 aromatic carbocycles. The van der Waals surface area contributed by atoms with Gasteiger partial charge < -0.3 is 19.5 Å². The molecule has 1 aliphatic heterocycles. The summed E-state index contributed by atoms with van der Waals surface area (Å²) >= 11 is 3.37. The quantitative estimate of drug-likeness (QED) is 0.707. The number of hydrogen-bond acceptors (Lipinski definition) is 5. The molecule has 0 bridgehead atoms. The molecule has 7 heteroatoms. The van der Waals surface area contributed by atoms with Crippen molar-refractivity contribution >= 4 is 33.3 Å². The molecule has 0 spiro atoms. The highest BCUT2D eigenvalue weighted by molar-refractivity contribution is 9.10. The SMILES string of the molecule is CCN1C(=O)C(O)(CC(=O)c2ccc(OC)c(OC)c2)c2cc(Br)ccc21. The predicted molar refractivity (Wildman–Crippen MR) is 105 cm³/mol. The number of anilines is 1. The van der Waals surface area contributed by atoms with E-state index in [4.69, 9.17) is 9.47 Å². The molecule has 27 heavy (non-hydrogen) atoms. The average molecular weight is 434 g/mol. The van der Waals surface area contributed by atoms with Crippen molar-refractivity contribution in [3.8, 4) is 11.5 Å². The van der Waals surface area contributed by atoms with Crippen LogP contribution in [0, 0.1) is 0 Å². The second kappa shape index (κ2) is 7.32. The summed E-state index contributed by atoms with van der Waals surface area (Å²) in [5, 5.41) is 11.2. The Hall–Kier alpha value is -2.38. The summed E-state index contributed by atoms with van der Waals surface area (Å²) in [6.07, 6.45) is -0.360. The van der Waals surface area contributed by atoms with Crippen LogP contribution in [0.5, 0.6) is 11.5 Å². The fourth-order valence-corrected chi connectivity index (χ4v) is 3.71. The number of nitrogens with zero attached hydrogens (tertiary/aromatic N) is 1. The lowest BCUT2D eigenvalue weighted by atomic mass is 9.88. The van der Waals surface area contributed by atoms with Gasteiger partial charge in [-0.2, -0.15) is 0 Å². The van der Waals surface area contributed by atoms with Gasteiger partial charge in [0.25, 0.3) is 5.91 Å². The first-order valence-electron chi connectivity index (χ1n) is 8.45. The topological polar surface area (TPSA) is 76.1 Å². The van der Waals surface area contributed by atoms with Crippen LogP contribution in [0.15, 0.2) is 40.9 Å². The zero-order valence-electron chi connectivity index (χ0n) is 15.3. The molecule has 142 valence electrons. The van der Waals surface area contributed by atoms with Gasteiger partial charge in [-0.15, -0.1) is 0 Å². The number of amides is 1. The number of halogens is 1. The molecule has 1 atom stereocenters. The lowest BCUT2D eigenvalue weighted by molar-refractivity contribution is -0.135. The number of rotatable bonds is 6. The van der Waals surface area contributed by atoms with Crippen LogP contribution in [0.3, 0.4) is 0 Å². The van der Waals surface area contributed by atoms with Gasteiger partial charge in [0.05, 0.1) is 26.3 Å². The number of carbonyl (C=O) groups excluding carboxylic acids is 2. The molecule has 1 unspecified atom stereocenters. The summed E-state index contributed by atoms with van der Waals surface area (Å²) in [5.74, 6) is 0.0464. The van der Waals surface area contributed by atoms with E-state index in [0.717, 1.165) is 4.47 Å². The van der Waals surface area contributed by atoms with Gasteiger partial charge in [-0.05, 0) is 43.3 Å². The molecule has 3 rings (SSSR count). The zero-order chi connectivity index (χ0) is 19.8. The van der Waals surface area contributed by atoms with Gasteiger partial charge in [-0.1, -0.05) is 15.9 Å². The van der Waals surface area contributed by atoms with E-state index < -0.39 is 11.5 Å². The average Bonchev–Trinajstić information content (AvgIpc) is 2.87. The first kappa shape index (κ1) is 19.4. The summed E-state index contributed by atoms with van der Waals surface area (Å²) in [7, 11) is 2.99. The Morgan fingerprint density at radius 2 is 1.85 bits per heavy atom. The maximum absolute atomic E-state index is 12.9. The Labute approximate surface area is 165 Å². The summed E-state index contributed by atoms with van der Waals surface area (Å²) in [6.45, 7) is 2.23. The van der Waals surface area contributed by atoms with Gasteiger partial charge in [-0.3, -0.25) is 9.59 Å². The molecule has 1 aliphatic rings. The molecular weight excluding hydrogens is 414 g/mol. The van der Waals surface area contributed by atoms with Crippen molar-refractivity contribution < 1.29 is 24.2 Å². The number of fused-ring (bicyclic) bond motifs is 1. The third kappa shape index (κ3) is 3.21. The first-order valence-corrected chi connectivity index (χ1v) is 9.24. The van der Waals surface area contributed by atoms with E-state index in [1.807, 2.05) is 6.92 Å².